The molecule has 0 bridgehead atoms. The molecule has 1 rings (SSSR count). The van der Waals surface area contributed by atoms with Crippen LogP contribution >= 0.6 is 0 Å². The molecule has 1 aliphatic rings. The van der Waals surface area contributed by atoms with Gasteiger partial charge >= 0.3 is 5.97 Å². The summed E-state index contributed by atoms with van der Waals surface area (Å²) in [6, 6.07) is 0. The summed E-state index contributed by atoms with van der Waals surface area (Å²) in [4.78, 5) is 11.5. The Labute approximate surface area is 109 Å². The van der Waals surface area contributed by atoms with Gasteiger partial charge in [0.1, 0.15) is 0 Å². The summed E-state index contributed by atoms with van der Waals surface area (Å²) in [5.74, 6) is -0.987. The monoisotopic (exact) mass is 277 g/mol. The molecule has 1 aliphatic heterocycles. The van der Waals surface area contributed by atoms with Crippen LogP contribution in [0.2, 0.25) is 0 Å². The quantitative estimate of drug-likeness (QED) is 0.849. The molecule has 1 heterocycles. The molecule has 0 aromatic rings. The second kappa shape index (κ2) is 4.49. The first kappa shape index (κ1) is 15.4. The molecule has 1 unspecified atom stereocenters. The number of hydrogen-bond donors (Lipinski definition) is 1. The van der Waals surface area contributed by atoms with Gasteiger partial charge in [0.2, 0.25) is 10.0 Å². The first-order valence-corrected chi connectivity index (χ1v) is 7.62. The number of sulfonamides is 1. The maximum absolute atomic E-state index is 12.3. The molecule has 106 valence electrons. The van der Waals surface area contributed by atoms with Crippen LogP contribution in [0.25, 0.3) is 0 Å². The fourth-order valence-electron chi connectivity index (χ4n) is 2.28. The molecule has 0 aromatic heterocycles. The minimum Gasteiger partial charge on any atom is -0.481 e. The number of nitrogens with zero attached hydrogens (tertiary/aromatic N) is 1. The lowest BCUT2D eigenvalue weighted by molar-refractivity contribution is -0.150. The number of carboxylic acids is 1. The molecule has 1 N–H and O–H groups in total. The second-order valence-corrected chi connectivity index (χ2v) is 9.01. The molecular weight excluding hydrogens is 254 g/mol. The van der Waals surface area contributed by atoms with E-state index in [4.69, 9.17) is 0 Å². The summed E-state index contributed by atoms with van der Waals surface area (Å²) < 4.78 is 25.1. The van der Waals surface area contributed by atoms with E-state index in [1.807, 2.05) is 13.8 Å². The van der Waals surface area contributed by atoms with Crippen molar-refractivity contribution in [1.29, 1.82) is 0 Å². The number of rotatable bonds is 3. The Kier molecular flexibility index (Phi) is 3.85. The summed E-state index contributed by atoms with van der Waals surface area (Å²) in [7, 11) is -3.44. The molecule has 18 heavy (non-hydrogen) atoms. The lowest BCUT2D eigenvalue weighted by Crippen LogP contribution is -2.45. The molecule has 0 radical (unpaired) electrons. The standard InChI is InChI=1S/C12H23NO4S/c1-9(2)12(10(14)15)6-7-13(8-12)18(16,17)11(3,4)5/h9H,6-8H2,1-5H3,(H,14,15). The Morgan fingerprint density at radius 1 is 1.33 bits per heavy atom. The van der Waals surface area contributed by atoms with Gasteiger partial charge in [-0.3, -0.25) is 4.79 Å². The summed E-state index contributed by atoms with van der Waals surface area (Å²) >= 11 is 0. The van der Waals surface area contributed by atoms with Crippen LogP contribution in [0.5, 0.6) is 0 Å². The van der Waals surface area contributed by atoms with E-state index >= 15 is 0 Å². The molecule has 0 saturated carbocycles. The van der Waals surface area contributed by atoms with Crippen molar-refractivity contribution in [2.24, 2.45) is 11.3 Å². The van der Waals surface area contributed by atoms with Gasteiger partial charge in [0, 0.05) is 13.1 Å². The van der Waals surface area contributed by atoms with Gasteiger partial charge in [-0.05, 0) is 33.1 Å². The van der Waals surface area contributed by atoms with E-state index < -0.39 is 26.2 Å². The van der Waals surface area contributed by atoms with Crippen LogP contribution in [-0.2, 0) is 14.8 Å². The van der Waals surface area contributed by atoms with Gasteiger partial charge in [0.15, 0.2) is 0 Å². The van der Waals surface area contributed by atoms with Gasteiger partial charge in [-0.25, -0.2) is 12.7 Å². The average molecular weight is 277 g/mol. The summed E-state index contributed by atoms with van der Waals surface area (Å²) in [5, 5.41) is 9.40. The van der Waals surface area contributed by atoms with E-state index in [9.17, 15) is 18.3 Å². The maximum Gasteiger partial charge on any atom is 0.311 e. The van der Waals surface area contributed by atoms with E-state index in [2.05, 4.69) is 0 Å². The molecule has 1 fully saturated rings. The number of hydrogen-bond acceptors (Lipinski definition) is 3. The highest BCUT2D eigenvalue weighted by Crippen LogP contribution is 2.40. The Morgan fingerprint density at radius 2 is 1.83 bits per heavy atom. The first-order chi connectivity index (χ1) is 7.95. The Hall–Kier alpha value is -0.620. The van der Waals surface area contributed by atoms with Crippen molar-refractivity contribution in [2.45, 2.75) is 45.8 Å². The van der Waals surface area contributed by atoms with E-state index in [0.29, 0.717) is 13.0 Å². The van der Waals surface area contributed by atoms with Crippen LogP contribution in [0.15, 0.2) is 0 Å². The third-order valence-corrected chi connectivity index (χ3v) is 6.45. The predicted molar refractivity (Wildman–Crippen MR) is 69.8 cm³/mol. The van der Waals surface area contributed by atoms with Crippen molar-refractivity contribution in [3.8, 4) is 0 Å². The van der Waals surface area contributed by atoms with E-state index in [1.165, 1.54) is 4.31 Å². The molecule has 1 atom stereocenters. The fourth-order valence-corrected chi connectivity index (χ4v) is 3.79. The molecular formula is C12H23NO4S. The lowest BCUT2D eigenvalue weighted by Gasteiger charge is -2.31. The van der Waals surface area contributed by atoms with Crippen LogP contribution in [0.4, 0.5) is 0 Å². The number of carbonyl (C=O) groups is 1. The van der Waals surface area contributed by atoms with Gasteiger partial charge < -0.3 is 5.11 Å². The van der Waals surface area contributed by atoms with Gasteiger partial charge in [-0.15, -0.1) is 0 Å². The van der Waals surface area contributed by atoms with Gasteiger partial charge in [-0.1, -0.05) is 13.8 Å². The topological polar surface area (TPSA) is 74.7 Å². The second-order valence-electron chi connectivity index (χ2n) is 6.32. The Bertz CT molecular complexity index is 435. The minimum atomic E-state index is -3.44. The molecule has 1 saturated heterocycles. The Morgan fingerprint density at radius 3 is 2.11 bits per heavy atom. The first-order valence-electron chi connectivity index (χ1n) is 6.18. The normalized spacial score (nSPS) is 26.8. The highest BCUT2D eigenvalue weighted by molar-refractivity contribution is 7.90. The molecule has 5 nitrogen and oxygen atoms in total. The summed E-state index contributed by atoms with van der Waals surface area (Å²) in [6.45, 7) is 8.96. The van der Waals surface area contributed by atoms with Crippen LogP contribution in [0.1, 0.15) is 41.0 Å². The third-order valence-electron chi connectivity index (χ3n) is 3.91. The van der Waals surface area contributed by atoms with Crippen molar-refractivity contribution >= 4 is 16.0 Å². The van der Waals surface area contributed by atoms with Crippen LogP contribution in [0, 0.1) is 11.3 Å². The van der Waals surface area contributed by atoms with Crippen molar-refractivity contribution in [2.75, 3.05) is 13.1 Å². The van der Waals surface area contributed by atoms with Crippen LogP contribution < -0.4 is 0 Å². The van der Waals surface area contributed by atoms with Crippen LogP contribution in [-0.4, -0.2) is 41.6 Å². The van der Waals surface area contributed by atoms with Gasteiger partial charge in [0.05, 0.1) is 10.2 Å². The highest BCUT2D eigenvalue weighted by atomic mass is 32.2. The van der Waals surface area contributed by atoms with E-state index in [0.717, 1.165) is 0 Å². The predicted octanol–water partition coefficient (Wildman–Crippen LogP) is 1.55. The molecule has 0 aromatic carbocycles. The van der Waals surface area contributed by atoms with Crippen molar-refractivity contribution in [3.05, 3.63) is 0 Å². The minimum absolute atomic E-state index is 0.0829. The van der Waals surface area contributed by atoms with Crippen molar-refractivity contribution in [3.63, 3.8) is 0 Å². The van der Waals surface area contributed by atoms with Crippen LogP contribution in [0.3, 0.4) is 0 Å². The largest absolute Gasteiger partial charge is 0.481 e. The summed E-state index contributed by atoms with van der Waals surface area (Å²) in [6.07, 6.45) is 0.384. The SMILES string of the molecule is CC(C)C1(C(=O)O)CCN(S(=O)(=O)C(C)(C)C)C1. The number of carboxylic acid groups (broad SMARTS) is 1. The Balaban J connectivity index is 3.07. The van der Waals surface area contributed by atoms with Gasteiger partial charge in [0.25, 0.3) is 0 Å². The zero-order valence-corrected chi connectivity index (χ0v) is 12.5. The lowest BCUT2D eigenvalue weighted by atomic mass is 9.77. The fraction of sp³-hybridized carbons (Fsp3) is 0.917. The third kappa shape index (κ3) is 2.28. The number of aliphatic carboxylic acids is 1. The zero-order valence-electron chi connectivity index (χ0n) is 11.7. The zero-order chi connectivity index (χ0) is 14.4. The molecule has 6 heteroatoms. The van der Waals surface area contributed by atoms with Crippen molar-refractivity contribution in [1.82, 2.24) is 4.31 Å². The molecule has 0 spiro atoms. The maximum atomic E-state index is 12.3. The van der Waals surface area contributed by atoms with Gasteiger partial charge in [-0.2, -0.15) is 0 Å². The highest BCUT2D eigenvalue weighted by Gasteiger charge is 2.51. The van der Waals surface area contributed by atoms with E-state index in [-0.39, 0.29) is 12.5 Å². The van der Waals surface area contributed by atoms with Crippen molar-refractivity contribution < 1.29 is 18.3 Å². The smallest absolute Gasteiger partial charge is 0.311 e. The van der Waals surface area contributed by atoms with E-state index in [1.54, 1.807) is 20.8 Å². The average Bonchev–Trinajstić information content (AvgIpc) is 2.61. The summed E-state index contributed by atoms with van der Waals surface area (Å²) in [5.41, 5.74) is -0.946. The molecule has 0 aliphatic carbocycles. The molecule has 0 amide bonds.